The second kappa shape index (κ2) is 6.29. The fourth-order valence-electron chi connectivity index (χ4n) is 1.17. The van der Waals surface area contributed by atoms with Gasteiger partial charge in [-0.25, -0.2) is 0 Å². The molecule has 1 aromatic carbocycles. The lowest BCUT2D eigenvalue weighted by Crippen LogP contribution is -2.31. The fourth-order valence-corrected chi connectivity index (χ4v) is 1.56. The first-order chi connectivity index (χ1) is 8.34. The van der Waals surface area contributed by atoms with Crippen molar-refractivity contribution in [2.24, 2.45) is 0 Å². The second-order valence-electron chi connectivity index (χ2n) is 3.59. The minimum absolute atomic E-state index is 0.0729. The average molecular weight is 328 g/mol. The van der Waals surface area contributed by atoms with Gasteiger partial charge in [-0.1, -0.05) is 0 Å². The summed E-state index contributed by atoms with van der Waals surface area (Å²) in [7, 11) is 0. The molecule has 3 nitrogen and oxygen atoms in total. The number of ether oxygens (including phenoxy) is 1. The summed E-state index contributed by atoms with van der Waals surface area (Å²) in [5.41, 5.74) is 0.566. The Kier molecular flexibility index (Phi) is 5.28. The van der Waals surface area contributed by atoms with Gasteiger partial charge in [0.05, 0.1) is 12.3 Å². The van der Waals surface area contributed by atoms with Crippen molar-refractivity contribution in [2.75, 3.05) is 18.5 Å². The lowest BCUT2D eigenvalue weighted by Gasteiger charge is -2.18. The predicted molar refractivity (Wildman–Crippen MR) is 65.9 cm³/mol. The van der Waals surface area contributed by atoms with Gasteiger partial charge in [0.25, 0.3) is 0 Å². The zero-order valence-corrected chi connectivity index (χ0v) is 11.2. The van der Waals surface area contributed by atoms with Crippen molar-refractivity contribution in [1.82, 2.24) is 0 Å². The lowest BCUT2D eigenvalue weighted by molar-refractivity contribution is -0.189. The summed E-state index contributed by atoms with van der Waals surface area (Å²) in [6, 6.07) is 4.47. The van der Waals surface area contributed by atoms with Crippen LogP contribution < -0.4 is 10.1 Å². The summed E-state index contributed by atoms with van der Waals surface area (Å²) in [6.07, 6.45) is -6.27. The number of hydrogen-bond acceptors (Lipinski definition) is 3. The summed E-state index contributed by atoms with van der Waals surface area (Å²) >= 11 is 3.24. The van der Waals surface area contributed by atoms with Crippen LogP contribution >= 0.6 is 15.9 Å². The van der Waals surface area contributed by atoms with E-state index in [4.69, 9.17) is 9.84 Å². The summed E-state index contributed by atoms with van der Waals surface area (Å²) in [6.45, 7) is 1.18. The quantitative estimate of drug-likeness (QED) is 0.872. The third-order valence-electron chi connectivity index (χ3n) is 2.14. The number of anilines is 1. The summed E-state index contributed by atoms with van der Waals surface area (Å²) in [5.74, 6) is 0.114. The molecule has 102 valence electrons. The van der Waals surface area contributed by atoms with Crippen LogP contribution in [-0.2, 0) is 0 Å². The van der Waals surface area contributed by atoms with Crippen LogP contribution in [0.2, 0.25) is 0 Å². The molecule has 0 radical (unpaired) electrons. The Balaban J connectivity index is 2.78. The molecule has 2 N–H and O–H groups in total. The molecular formula is C11H13BrF3NO2. The van der Waals surface area contributed by atoms with Gasteiger partial charge in [-0.3, -0.25) is 0 Å². The number of nitrogens with one attached hydrogen (secondary N) is 1. The van der Waals surface area contributed by atoms with Crippen LogP contribution in [0.15, 0.2) is 22.7 Å². The monoisotopic (exact) mass is 327 g/mol. The highest BCUT2D eigenvalue weighted by Gasteiger charge is 2.38. The Morgan fingerprint density at radius 1 is 1.44 bits per heavy atom. The fraction of sp³-hybridized carbons (Fsp3) is 0.455. The van der Waals surface area contributed by atoms with E-state index in [1.54, 1.807) is 6.07 Å². The zero-order valence-electron chi connectivity index (χ0n) is 9.59. The standard InChI is InChI=1S/C11H13BrF3NO2/c1-7(11(13,14)15)18-8-2-3-9(12)10(6-8)16-4-5-17/h2-3,6-7,16-17H,4-5H2,1H3. The molecule has 1 atom stereocenters. The van der Waals surface area contributed by atoms with Gasteiger partial charge in [0.2, 0.25) is 0 Å². The maximum absolute atomic E-state index is 12.3. The van der Waals surface area contributed by atoms with Crippen molar-refractivity contribution in [2.45, 2.75) is 19.2 Å². The molecule has 0 amide bonds. The summed E-state index contributed by atoms with van der Waals surface area (Å²) in [5, 5.41) is 11.5. The van der Waals surface area contributed by atoms with E-state index >= 15 is 0 Å². The van der Waals surface area contributed by atoms with Crippen molar-refractivity contribution in [3.8, 4) is 5.75 Å². The molecule has 0 fully saturated rings. The molecule has 7 heteroatoms. The molecule has 0 bridgehead atoms. The van der Waals surface area contributed by atoms with Crippen LogP contribution in [0.25, 0.3) is 0 Å². The van der Waals surface area contributed by atoms with Gasteiger partial charge in [-0.05, 0) is 35.0 Å². The summed E-state index contributed by atoms with van der Waals surface area (Å²) in [4.78, 5) is 0. The van der Waals surface area contributed by atoms with Crippen molar-refractivity contribution < 1.29 is 23.0 Å². The Labute approximate surface area is 111 Å². The number of alkyl halides is 3. The van der Waals surface area contributed by atoms with E-state index in [2.05, 4.69) is 21.2 Å². The maximum Gasteiger partial charge on any atom is 0.425 e. The SMILES string of the molecule is CC(Oc1ccc(Br)c(NCCO)c1)C(F)(F)F. The topological polar surface area (TPSA) is 41.5 Å². The van der Waals surface area contributed by atoms with E-state index in [0.29, 0.717) is 16.7 Å². The smallest absolute Gasteiger partial charge is 0.425 e. The number of benzene rings is 1. The number of hydrogen-bond donors (Lipinski definition) is 2. The van der Waals surface area contributed by atoms with Crippen molar-refractivity contribution >= 4 is 21.6 Å². The van der Waals surface area contributed by atoms with Crippen molar-refractivity contribution in [3.63, 3.8) is 0 Å². The van der Waals surface area contributed by atoms with Crippen molar-refractivity contribution in [1.29, 1.82) is 0 Å². The van der Waals surface area contributed by atoms with Gasteiger partial charge in [-0.15, -0.1) is 0 Å². The third-order valence-corrected chi connectivity index (χ3v) is 2.83. The van der Waals surface area contributed by atoms with Crippen LogP contribution in [-0.4, -0.2) is 30.5 Å². The first-order valence-electron chi connectivity index (χ1n) is 5.22. The Hall–Kier alpha value is -0.950. The van der Waals surface area contributed by atoms with Gasteiger partial charge < -0.3 is 15.2 Å². The molecule has 0 saturated heterocycles. The highest BCUT2D eigenvalue weighted by Crippen LogP contribution is 2.30. The van der Waals surface area contributed by atoms with Gasteiger partial charge in [0.1, 0.15) is 5.75 Å². The second-order valence-corrected chi connectivity index (χ2v) is 4.45. The number of aliphatic hydroxyl groups is 1. The molecule has 0 aliphatic carbocycles. The molecule has 0 aliphatic heterocycles. The Morgan fingerprint density at radius 2 is 2.11 bits per heavy atom. The zero-order chi connectivity index (χ0) is 13.8. The number of rotatable bonds is 5. The Bertz CT molecular complexity index is 398. The van der Waals surface area contributed by atoms with Gasteiger partial charge in [0.15, 0.2) is 6.10 Å². The molecule has 1 aromatic rings. The number of halogens is 4. The van der Waals surface area contributed by atoms with Crippen LogP contribution in [0, 0.1) is 0 Å². The predicted octanol–water partition coefficient (Wildman–Crippen LogP) is 3.18. The summed E-state index contributed by atoms with van der Waals surface area (Å²) < 4.78 is 42.5. The van der Waals surface area contributed by atoms with Gasteiger partial charge in [0, 0.05) is 17.1 Å². The largest absolute Gasteiger partial charge is 0.481 e. The van der Waals surface area contributed by atoms with Crippen molar-refractivity contribution in [3.05, 3.63) is 22.7 Å². The normalized spacial score (nSPS) is 13.2. The highest BCUT2D eigenvalue weighted by atomic mass is 79.9. The van der Waals surface area contributed by atoms with E-state index in [1.807, 2.05) is 0 Å². The minimum Gasteiger partial charge on any atom is -0.481 e. The van der Waals surface area contributed by atoms with Crippen LogP contribution in [0.3, 0.4) is 0 Å². The van der Waals surface area contributed by atoms with Gasteiger partial charge in [-0.2, -0.15) is 13.2 Å². The van der Waals surface area contributed by atoms with E-state index in [1.165, 1.54) is 12.1 Å². The maximum atomic E-state index is 12.3. The molecule has 0 saturated carbocycles. The number of aliphatic hydroxyl groups excluding tert-OH is 1. The highest BCUT2D eigenvalue weighted by molar-refractivity contribution is 9.10. The molecule has 1 rings (SSSR count). The van der Waals surface area contributed by atoms with E-state index in [-0.39, 0.29) is 12.4 Å². The molecule has 0 aliphatic rings. The van der Waals surface area contributed by atoms with Crippen LogP contribution in [0.1, 0.15) is 6.92 Å². The molecule has 0 heterocycles. The van der Waals surface area contributed by atoms with Crippen LogP contribution in [0.4, 0.5) is 18.9 Å². The van der Waals surface area contributed by atoms with E-state index in [9.17, 15) is 13.2 Å². The molecule has 0 aromatic heterocycles. The molecule has 1 unspecified atom stereocenters. The molecular weight excluding hydrogens is 315 g/mol. The third kappa shape index (κ3) is 4.38. The van der Waals surface area contributed by atoms with E-state index < -0.39 is 12.3 Å². The molecule has 18 heavy (non-hydrogen) atoms. The minimum atomic E-state index is -4.40. The first-order valence-corrected chi connectivity index (χ1v) is 6.01. The molecule has 0 spiro atoms. The van der Waals surface area contributed by atoms with Gasteiger partial charge >= 0.3 is 6.18 Å². The average Bonchev–Trinajstić information content (AvgIpc) is 2.28. The van der Waals surface area contributed by atoms with E-state index in [0.717, 1.165) is 6.92 Å². The van der Waals surface area contributed by atoms with Crippen LogP contribution in [0.5, 0.6) is 5.75 Å². The lowest BCUT2D eigenvalue weighted by atomic mass is 10.3. The first kappa shape index (κ1) is 15.1. The Morgan fingerprint density at radius 3 is 2.67 bits per heavy atom.